The second kappa shape index (κ2) is 11.6. The Morgan fingerprint density at radius 3 is 2.34 bits per heavy atom. The molecule has 0 saturated carbocycles. The summed E-state index contributed by atoms with van der Waals surface area (Å²) in [4.78, 5) is 29.2. The van der Waals surface area contributed by atoms with Gasteiger partial charge in [-0.2, -0.15) is 0 Å². The highest BCUT2D eigenvalue weighted by Gasteiger charge is 2.32. The van der Waals surface area contributed by atoms with Gasteiger partial charge in [0.1, 0.15) is 5.75 Å². The van der Waals surface area contributed by atoms with Gasteiger partial charge in [0.2, 0.25) is 15.9 Å². The van der Waals surface area contributed by atoms with E-state index in [0.29, 0.717) is 34.4 Å². The highest BCUT2D eigenvalue weighted by molar-refractivity contribution is 7.89. The third kappa shape index (κ3) is 8.10. The predicted molar refractivity (Wildman–Crippen MR) is 136 cm³/mol. The van der Waals surface area contributed by atoms with Crippen molar-refractivity contribution in [1.29, 1.82) is 0 Å². The molecule has 2 amide bonds. The number of piperazine rings is 1. The molecule has 2 aromatic carbocycles. The number of hydrogen-bond donors (Lipinski definition) is 1. The second-order valence-corrected chi connectivity index (χ2v) is 11.4. The summed E-state index contributed by atoms with van der Waals surface area (Å²) in [6, 6.07) is 12.6. The molecule has 3 rings (SSSR count). The van der Waals surface area contributed by atoms with Crippen LogP contribution < -0.4 is 9.46 Å². The molecule has 1 N–H and O–H groups in total. The number of carbonyl (C=O) groups is 2. The van der Waals surface area contributed by atoms with Gasteiger partial charge >= 0.3 is 0 Å². The maximum Gasteiger partial charge on any atom is 0.260 e. The fourth-order valence-electron chi connectivity index (χ4n) is 4.06. The van der Waals surface area contributed by atoms with Gasteiger partial charge in [-0.05, 0) is 49.7 Å². The van der Waals surface area contributed by atoms with Gasteiger partial charge in [-0.1, -0.05) is 35.3 Å². The van der Waals surface area contributed by atoms with Crippen LogP contribution in [-0.4, -0.2) is 68.1 Å². The molecule has 0 aliphatic carbocycles. The Hall–Kier alpha value is -2.33. The first kappa shape index (κ1) is 27.3. The van der Waals surface area contributed by atoms with E-state index in [4.69, 9.17) is 27.9 Å². The van der Waals surface area contributed by atoms with Gasteiger partial charge in [0, 0.05) is 47.3 Å². The van der Waals surface area contributed by atoms with Gasteiger partial charge in [-0.25, -0.2) is 8.42 Å². The van der Waals surface area contributed by atoms with Crippen molar-refractivity contribution in [3.63, 3.8) is 0 Å². The van der Waals surface area contributed by atoms with E-state index in [1.165, 1.54) is 6.07 Å². The molecule has 2 unspecified atom stereocenters. The van der Waals surface area contributed by atoms with Gasteiger partial charge in [-0.15, -0.1) is 0 Å². The normalized spacial score (nSPS) is 18.8. The van der Waals surface area contributed by atoms with Crippen molar-refractivity contribution in [3.05, 3.63) is 63.6 Å². The van der Waals surface area contributed by atoms with Crippen LogP contribution in [0.5, 0.6) is 5.75 Å². The fourth-order valence-corrected chi connectivity index (χ4v) is 4.86. The molecular formula is C24H29Cl2N3O5S. The van der Waals surface area contributed by atoms with E-state index in [9.17, 15) is 18.0 Å². The van der Waals surface area contributed by atoms with Crippen molar-refractivity contribution in [2.75, 3.05) is 26.0 Å². The first-order chi connectivity index (χ1) is 16.4. The largest absolute Gasteiger partial charge is 0.483 e. The van der Waals surface area contributed by atoms with Crippen LogP contribution in [0.15, 0.2) is 42.5 Å². The molecule has 0 bridgehead atoms. The molecule has 8 nitrogen and oxygen atoms in total. The maximum atomic E-state index is 13.0. The van der Waals surface area contributed by atoms with Crippen molar-refractivity contribution in [3.8, 4) is 5.75 Å². The fraction of sp³-hybridized carbons (Fsp3) is 0.417. The van der Waals surface area contributed by atoms with Crippen LogP contribution in [0.1, 0.15) is 25.0 Å². The molecule has 2 atom stereocenters. The molecule has 1 heterocycles. The topological polar surface area (TPSA) is 96.0 Å². The molecular weight excluding hydrogens is 513 g/mol. The minimum Gasteiger partial charge on any atom is -0.483 e. The number of ether oxygens (including phenoxy) is 1. The summed E-state index contributed by atoms with van der Waals surface area (Å²) in [5.41, 5.74) is 1.55. The molecule has 1 aliphatic heterocycles. The highest BCUT2D eigenvalue weighted by atomic mass is 35.5. The first-order valence-corrected chi connectivity index (χ1v) is 13.8. The SMILES string of the molecule is CC1CN(C(=O)COc2ccc(Cl)cc2CC(=O)NS(C)(=O)=O)C(C)CN1Cc1ccc(Cl)cc1. The zero-order valence-electron chi connectivity index (χ0n) is 19.8. The van der Waals surface area contributed by atoms with E-state index in [2.05, 4.69) is 11.8 Å². The lowest BCUT2D eigenvalue weighted by Crippen LogP contribution is -2.58. The van der Waals surface area contributed by atoms with E-state index in [1.54, 1.807) is 17.0 Å². The minimum atomic E-state index is -3.69. The number of nitrogens with one attached hydrogen (secondary N) is 1. The molecule has 190 valence electrons. The monoisotopic (exact) mass is 541 g/mol. The summed E-state index contributed by atoms with van der Waals surface area (Å²) in [6.07, 6.45) is 0.643. The summed E-state index contributed by atoms with van der Waals surface area (Å²) < 4.78 is 30.3. The average molecular weight is 542 g/mol. The summed E-state index contributed by atoms with van der Waals surface area (Å²) in [5.74, 6) is -0.587. The average Bonchev–Trinajstić information content (AvgIpc) is 2.75. The van der Waals surface area contributed by atoms with Gasteiger partial charge < -0.3 is 9.64 Å². The van der Waals surface area contributed by atoms with E-state index in [1.807, 2.05) is 35.9 Å². The van der Waals surface area contributed by atoms with Crippen LogP contribution in [0.3, 0.4) is 0 Å². The molecule has 0 aromatic heterocycles. The number of hydrogen-bond acceptors (Lipinski definition) is 6. The van der Waals surface area contributed by atoms with E-state index in [0.717, 1.165) is 18.4 Å². The van der Waals surface area contributed by atoms with Gasteiger partial charge in [-0.3, -0.25) is 19.2 Å². The molecule has 1 aliphatic rings. The molecule has 0 spiro atoms. The van der Waals surface area contributed by atoms with Crippen LogP contribution >= 0.6 is 23.2 Å². The van der Waals surface area contributed by atoms with Crippen LogP contribution in [0.4, 0.5) is 0 Å². The van der Waals surface area contributed by atoms with E-state index in [-0.39, 0.29) is 31.0 Å². The van der Waals surface area contributed by atoms with Crippen LogP contribution in [0.2, 0.25) is 10.0 Å². The minimum absolute atomic E-state index is 0.0140. The van der Waals surface area contributed by atoms with Gasteiger partial charge in [0.15, 0.2) is 6.61 Å². The third-order valence-electron chi connectivity index (χ3n) is 5.76. The van der Waals surface area contributed by atoms with Crippen molar-refractivity contribution < 1.29 is 22.7 Å². The molecule has 2 aromatic rings. The lowest BCUT2D eigenvalue weighted by atomic mass is 10.1. The van der Waals surface area contributed by atoms with Crippen LogP contribution in [0.25, 0.3) is 0 Å². The Balaban J connectivity index is 1.60. The Bertz CT molecular complexity index is 1170. The predicted octanol–water partition coefficient (Wildman–Crippen LogP) is 3.11. The lowest BCUT2D eigenvalue weighted by molar-refractivity contribution is -0.139. The van der Waals surface area contributed by atoms with Crippen LogP contribution in [-0.2, 0) is 32.6 Å². The van der Waals surface area contributed by atoms with Crippen molar-refractivity contribution in [2.45, 2.75) is 38.9 Å². The zero-order valence-corrected chi connectivity index (χ0v) is 22.2. The summed E-state index contributed by atoms with van der Waals surface area (Å²) in [6.45, 7) is 5.92. The highest BCUT2D eigenvalue weighted by Crippen LogP contribution is 2.25. The van der Waals surface area contributed by atoms with Crippen LogP contribution in [0, 0.1) is 0 Å². The Labute approximate surface area is 216 Å². The number of carbonyl (C=O) groups excluding carboxylic acids is 2. The number of benzene rings is 2. The summed E-state index contributed by atoms with van der Waals surface area (Å²) in [5, 5.41) is 1.07. The lowest BCUT2D eigenvalue weighted by Gasteiger charge is -2.44. The number of sulfonamides is 1. The number of halogens is 2. The Morgan fingerprint density at radius 2 is 1.69 bits per heavy atom. The maximum absolute atomic E-state index is 13.0. The molecule has 1 fully saturated rings. The van der Waals surface area contributed by atoms with E-state index >= 15 is 0 Å². The standard InChI is InChI=1S/C24H29Cl2N3O5S/c1-16-13-29(17(2)12-28(16)14-18-4-6-20(25)7-5-18)24(31)15-34-22-9-8-21(26)10-19(22)11-23(30)27-35(3,32)33/h4-10,16-17H,11-15H2,1-3H3,(H,27,30). The van der Waals surface area contributed by atoms with Gasteiger partial charge in [0.25, 0.3) is 5.91 Å². The Morgan fingerprint density at radius 1 is 1.03 bits per heavy atom. The van der Waals surface area contributed by atoms with E-state index < -0.39 is 15.9 Å². The Kier molecular flexibility index (Phi) is 9.04. The molecule has 35 heavy (non-hydrogen) atoms. The van der Waals surface area contributed by atoms with Crippen molar-refractivity contribution in [1.82, 2.24) is 14.5 Å². The number of rotatable bonds is 8. The summed E-state index contributed by atoms with van der Waals surface area (Å²) in [7, 11) is -3.69. The quantitative estimate of drug-likeness (QED) is 0.551. The first-order valence-electron chi connectivity index (χ1n) is 11.1. The second-order valence-electron chi connectivity index (χ2n) is 8.81. The van der Waals surface area contributed by atoms with Crippen molar-refractivity contribution in [2.24, 2.45) is 0 Å². The zero-order chi connectivity index (χ0) is 25.8. The number of amides is 2. The van der Waals surface area contributed by atoms with Gasteiger partial charge in [0.05, 0.1) is 12.7 Å². The molecule has 1 saturated heterocycles. The molecule has 11 heteroatoms. The third-order valence-corrected chi connectivity index (χ3v) is 6.84. The van der Waals surface area contributed by atoms with Crippen molar-refractivity contribution >= 4 is 45.0 Å². The molecule has 0 radical (unpaired) electrons. The smallest absolute Gasteiger partial charge is 0.260 e. The number of nitrogens with zero attached hydrogens (tertiary/aromatic N) is 2. The summed E-state index contributed by atoms with van der Waals surface area (Å²) >= 11 is 12.0.